The lowest BCUT2D eigenvalue weighted by Gasteiger charge is -2.21. The molecule has 0 spiro atoms. The Bertz CT molecular complexity index is 574. The van der Waals surface area contributed by atoms with Crippen LogP contribution in [0.25, 0.3) is 5.57 Å². The molecule has 1 aromatic rings. The molecule has 1 aliphatic carbocycles. The molecule has 0 amide bonds. The first-order valence-corrected chi connectivity index (χ1v) is 6.29. The van der Waals surface area contributed by atoms with Crippen molar-refractivity contribution in [2.75, 3.05) is 6.61 Å². The van der Waals surface area contributed by atoms with E-state index >= 15 is 0 Å². The Hall–Kier alpha value is -2.01. The molecule has 0 aromatic heterocycles. The summed E-state index contributed by atoms with van der Waals surface area (Å²) in [6.07, 6.45) is 2.13. The van der Waals surface area contributed by atoms with Gasteiger partial charge in [-0.2, -0.15) is 0 Å². The number of allylic oxidation sites excluding steroid dienone is 1. The SMILES string of the molecule is O=C1CC2OCCCC2=C1c1ccc([N+](=O)[O-])cc1. The minimum absolute atomic E-state index is 0.0382. The van der Waals surface area contributed by atoms with Gasteiger partial charge in [-0.1, -0.05) is 0 Å². The van der Waals surface area contributed by atoms with E-state index in [0.717, 1.165) is 24.0 Å². The number of Topliss-reactive ketones (excluding diaryl/α,β-unsaturated/α-hetero) is 1. The topological polar surface area (TPSA) is 69.4 Å². The third-order valence-electron chi connectivity index (χ3n) is 3.64. The molecule has 98 valence electrons. The number of ketones is 1. The fourth-order valence-corrected chi connectivity index (χ4v) is 2.76. The largest absolute Gasteiger partial charge is 0.373 e. The number of carbonyl (C=O) groups excluding carboxylic acids is 1. The molecule has 1 aliphatic heterocycles. The smallest absolute Gasteiger partial charge is 0.269 e. The van der Waals surface area contributed by atoms with Gasteiger partial charge in [0.1, 0.15) is 0 Å². The van der Waals surface area contributed by atoms with Crippen LogP contribution < -0.4 is 0 Å². The van der Waals surface area contributed by atoms with Crippen LogP contribution in [0.15, 0.2) is 29.8 Å². The molecule has 1 heterocycles. The third kappa shape index (κ3) is 2.06. The number of rotatable bonds is 2. The number of fused-ring (bicyclic) bond motifs is 1. The fraction of sp³-hybridized carbons (Fsp3) is 0.357. The fourth-order valence-electron chi connectivity index (χ4n) is 2.76. The standard InChI is InChI=1S/C14H13NO4/c16-12-8-13-11(2-1-7-19-13)14(12)9-3-5-10(6-4-9)15(17)18/h3-6,13H,1-2,7-8H2. The highest BCUT2D eigenvalue weighted by molar-refractivity contribution is 6.24. The summed E-state index contributed by atoms with van der Waals surface area (Å²) in [5.41, 5.74) is 2.57. The van der Waals surface area contributed by atoms with Crippen molar-refractivity contribution >= 4 is 17.0 Å². The van der Waals surface area contributed by atoms with Gasteiger partial charge < -0.3 is 4.74 Å². The van der Waals surface area contributed by atoms with Gasteiger partial charge in [0.15, 0.2) is 5.78 Å². The number of hydrogen-bond donors (Lipinski definition) is 0. The molecule has 19 heavy (non-hydrogen) atoms. The van der Waals surface area contributed by atoms with E-state index in [1.807, 2.05) is 0 Å². The van der Waals surface area contributed by atoms with Crippen molar-refractivity contribution in [1.29, 1.82) is 0 Å². The molecule has 1 unspecified atom stereocenters. The number of hydrogen-bond acceptors (Lipinski definition) is 4. The molecule has 5 nitrogen and oxygen atoms in total. The van der Waals surface area contributed by atoms with Gasteiger partial charge in [0, 0.05) is 30.7 Å². The van der Waals surface area contributed by atoms with E-state index in [0.29, 0.717) is 18.6 Å². The van der Waals surface area contributed by atoms with E-state index in [-0.39, 0.29) is 17.6 Å². The van der Waals surface area contributed by atoms with Gasteiger partial charge in [0.05, 0.1) is 11.0 Å². The monoisotopic (exact) mass is 259 g/mol. The average Bonchev–Trinajstić information content (AvgIpc) is 2.74. The Kier molecular flexibility index (Phi) is 2.91. The zero-order valence-electron chi connectivity index (χ0n) is 10.3. The van der Waals surface area contributed by atoms with Crippen molar-refractivity contribution in [1.82, 2.24) is 0 Å². The molecule has 1 aromatic carbocycles. The predicted octanol–water partition coefficient (Wildman–Crippen LogP) is 2.50. The summed E-state index contributed by atoms with van der Waals surface area (Å²) in [4.78, 5) is 22.3. The summed E-state index contributed by atoms with van der Waals surface area (Å²) in [6, 6.07) is 6.17. The number of carbonyl (C=O) groups is 1. The van der Waals surface area contributed by atoms with Gasteiger partial charge >= 0.3 is 0 Å². The van der Waals surface area contributed by atoms with Crippen molar-refractivity contribution < 1.29 is 14.5 Å². The molecular formula is C14H13NO4. The zero-order valence-corrected chi connectivity index (χ0v) is 10.3. The van der Waals surface area contributed by atoms with Crippen molar-refractivity contribution in [3.8, 4) is 0 Å². The lowest BCUT2D eigenvalue weighted by Crippen LogP contribution is -2.19. The number of nitro groups is 1. The van der Waals surface area contributed by atoms with E-state index < -0.39 is 4.92 Å². The van der Waals surface area contributed by atoms with Crippen LogP contribution in [0.1, 0.15) is 24.8 Å². The molecule has 0 N–H and O–H groups in total. The highest BCUT2D eigenvalue weighted by Crippen LogP contribution is 2.38. The first-order valence-electron chi connectivity index (χ1n) is 6.29. The molecule has 0 bridgehead atoms. The van der Waals surface area contributed by atoms with Gasteiger partial charge in [-0.25, -0.2) is 0 Å². The molecule has 3 rings (SSSR count). The Labute approximate surface area is 110 Å². The van der Waals surface area contributed by atoms with Crippen LogP contribution in [0.3, 0.4) is 0 Å². The number of nitrogens with zero attached hydrogens (tertiary/aromatic N) is 1. The molecule has 5 heteroatoms. The van der Waals surface area contributed by atoms with E-state index in [2.05, 4.69) is 0 Å². The maximum Gasteiger partial charge on any atom is 0.269 e. The van der Waals surface area contributed by atoms with Crippen molar-refractivity contribution in [3.05, 3.63) is 45.5 Å². The van der Waals surface area contributed by atoms with Crippen LogP contribution in [-0.2, 0) is 9.53 Å². The lowest BCUT2D eigenvalue weighted by molar-refractivity contribution is -0.384. The number of nitro benzene ring substituents is 1. The summed E-state index contributed by atoms with van der Waals surface area (Å²) in [7, 11) is 0. The Balaban J connectivity index is 2.00. The first kappa shape index (κ1) is 12.0. The van der Waals surface area contributed by atoms with E-state index in [1.54, 1.807) is 12.1 Å². The van der Waals surface area contributed by atoms with E-state index in [1.165, 1.54) is 12.1 Å². The quantitative estimate of drug-likeness (QED) is 0.604. The Morgan fingerprint density at radius 3 is 2.68 bits per heavy atom. The van der Waals surface area contributed by atoms with Crippen molar-refractivity contribution in [2.24, 2.45) is 0 Å². The molecule has 1 atom stereocenters. The Morgan fingerprint density at radius 2 is 2.00 bits per heavy atom. The predicted molar refractivity (Wildman–Crippen MR) is 68.6 cm³/mol. The second-order valence-electron chi connectivity index (χ2n) is 4.79. The maximum absolute atomic E-state index is 12.1. The third-order valence-corrected chi connectivity index (χ3v) is 3.64. The molecule has 2 aliphatic rings. The summed E-state index contributed by atoms with van der Waals surface area (Å²) in [5.74, 6) is 0.0794. The average molecular weight is 259 g/mol. The van der Waals surface area contributed by atoms with Crippen LogP contribution in [0.2, 0.25) is 0 Å². The summed E-state index contributed by atoms with van der Waals surface area (Å²) < 4.78 is 5.60. The van der Waals surface area contributed by atoms with Crippen LogP contribution in [0, 0.1) is 10.1 Å². The molecule has 0 saturated carbocycles. The second kappa shape index (κ2) is 4.59. The van der Waals surface area contributed by atoms with Gasteiger partial charge in [-0.3, -0.25) is 14.9 Å². The zero-order chi connectivity index (χ0) is 13.4. The van der Waals surface area contributed by atoms with Crippen LogP contribution in [-0.4, -0.2) is 23.4 Å². The minimum Gasteiger partial charge on any atom is -0.373 e. The summed E-state index contributed by atoms with van der Waals surface area (Å²) >= 11 is 0. The molecule has 1 fully saturated rings. The van der Waals surface area contributed by atoms with Crippen molar-refractivity contribution in [3.63, 3.8) is 0 Å². The summed E-state index contributed by atoms with van der Waals surface area (Å²) in [5, 5.41) is 10.6. The molecular weight excluding hydrogens is 246 g/mol. The van der Waals surface area contributed by atoms with Gasteiger partial charge in [0.2, 0.25) is 0 Å². The van der Waals surface area contributed by atoms with Crippen LogP contribution in [0.4, 0.5) is 5.69 Å². The Morgan fingerprint density at radius 1 is 1.26 bits per heavy atom. The van der Waals surface area contributed by atoms with E-state index in [9.17, 15) is 14.9 Å². The first-order chi connectivity index (χ1) is 9.16. The molecule has 1 saturated heterocycles. The van der Waals surface area contributed by atoms with Crippen molar-refractivity contribution in [2.45, 2.75) is 25.4 Å². The number of non-ortho nitro benzene ring substituents is 1. The maximum atomic E-state index is 12.1. The summed E-state index contributed by atoms with van der Waals surface area (Å²) in [6.45, 7) is 0.703. The van der Waals surface area contributed by atoms with Crippen LogP contribution >= 0.6 is 0 Å². The van der Waals surface area contributed by atoms with Gasteiger partial charge in [-0.05, 0) is 36.1 Å². The minimum atomic E-state index is -0.440. The van der Waals surface area contributed by atoms with Crippen LogP contribution in [0.5, 0.6) is 0 Å². The van der Waals surface area contributed by atoms with Gasteiger partial charge in [-0.15, -0.1) is 0 Å². The number of ether oxygens (including phenoxy) is 1. The second-order valence-corrected chi connectivity index (χ2v) is 4.79. The van der Waals surface area contributed by atoms with Gasteiger partial charge in [0.25, 0.3) is 5.69 Å². The number of benzene rings is 1. The lowest BCUT2D eigenvalue weighted by atomic mass is 9.97. The van der Waals surface area contributed by atoms with E-state index in [4.69, 9.17) is 4.74 Å². The highest BCUT2D eigenvalue weighted by atomic mass is 16.6. The normalized spacial score (nSPS) is 22.5. The highest BCUT2D eigenvalue weighted by Gasteiger charge is 2.35. The molecule has 0 radical (unpaired) electrons.